The van der Waals surface area contributed by atoms with Crippen LogP contribution in [0.2, 0.25) is 0 Å². The quantitative estimate of drug-likeness (QED) is 0.791. The molecule has 0 spiro atoms. The van der Waals surface area contributed by atoms with E-state index in [1.165, 1.54) is 0 Å². The predicted molar refractivity (Wildman–Crippen MR) is 59.8 cm³/mol. The molecule has 0 radical (unpaired) electrons. The van der Waals surface area contributed by atoms with Crippen LogP contribution < -0.4 is 10.1 Å². The Labute approximate surface area is 92.9 Å². The molecular weight excluding hydrogens is 206 g/mol. The molecule has 16 heavy (non-hydrogen) atoms. The maximum Gasteiger partial charge on any atom is 0.252 e. The molecule has 1 aromatic rings. The zero-order valence-corrected chi connectivity index (χ0v) is 8.73. The number of aliphatic hydroxyl groups excluding tert-OH is 1. The van der Waals surface area contributed by atoms with E-state index in [-0.39, 0.29) is 11.7 Å². The van der Waals surface area contributed by atoms with E-state index in [1.54, 1.807) is 13.2 Å². The third-order valence-corrected chi connectivity index (χ3v) is 2.24. The zero-order valence-electron chi connectivity index (χ0n) is 8.73. The van der Waals surface area contributed by atoms with Crippen LogP contribution >= 0.6 is 0 Å². The summed E-state index contributed by atoms with van der Waals surface area (Å²) < 4.78 is 5.16. The minimum atomic E-state index is -0.321. The van der Waals surface area contributed by atoms with Crippen LogP contribution in [0.3, 0.4) is 0 Å². The lowest BCUT2D eigenvalue weighted by Gasteiger charge is -2.05. The van der Waals surface area contributed by atoms with Crippen molar-refractivity contribution in [2.24, 2.45) is 0 Å². The van der Waals surface area contributed by atoms with Gasteiger partial charge >= 0.3 is 0 Å². The molecular formula is C12H11NO3. The summed E-state index contributed by atoms with van der Waals surface area (Å²) in [4.78, 5) is 11.0. The van der Waals surface area contributed by atoms with Crippen molar-refractivity contribution in [2.45, 2.75) is 0 Å². The standard InChI is InChI=1S/C12H11NO3/c1-16-11-5-3-2-4-8(11)6-9-10(14)7-12(15)13-9/h2-7,14H,1H3,(H,13,15). The van der Waals surface area contributed by atoms with Crippen LogP contribution in [0.5, 0.6) is 5.75 Å². The number of aliphatic hydroxyl groups is 1. The third-order valence-electron chi connectivity index (χ3n) is 2.24. The zero-order chi connectivity index (χ0) is 11.5. The van der Waals surface area contributed by atoms with E-state index in [4.69, 9.17) is 4.74 Å². The molecule has 0 unspecified atom stereocenters. The van der Waals surface area contributed by atoms with Crippen molar-refractivity contribution in [2.75, 3.05) is 7.11 Å². The van der Waals surface area contributed by atoms with Crippen LogP contribution in [0.1, 0.15) is 5.56 Å². The fourth-order valence-electron chi connectivity index (χ4n) is 1.49. The summed E-state index contributed by atoms with van der Waals surface area (Å²) in [5.41, 5.74) is 1.18. The summed E-state index contributed by atoms with van der Waals surface area (Å²) in [7, 11) is 1.57. The highest BCUT2D eigenvalue weighted by atomic mass is 16.5. The Hall–Kier alpha value is -2.23. The number of para-hydroxylation sites is 1. The van der Waals surface area contributed by atoms with E-state index in [9.17, 15) is 9.90 Å². The Morgan fingerprint density at radius 2 is 2.12 bits per heavy atom. The molecule has 82 valence electrons. The number of nitrogens with one attached hydrogen (secondary N) is 1. The number of hydrogen-bond acceptors (Lipinski definition) is 3. The predicted octanol–water partition coefficient (Wildman–Crippen LogP) is 1.61. The van der Waals surface area contributed by atoms with E-state index in [0.29, 0.717) is 11.4 Å². The molecule has 1 amide bonds. The van der Waals surface area contributed by atoms with Crippen LogP contribution in [-0.2, 0) is 4.79 Å². The van der Waals surface area contributed by atoms with E-state index in [2.05, 4.69) is 5.32 Å². The van der Waals surface area contributed by atoms with Crippen LogP contribution in [0, 0.1) is 0 Å². The molecule has 0 saturated carbocycles. The molecule has 0 fully saturated rings. The average Bonchev–Trinajstić information content (AvgIpc) is 2.58. The molecule has 4 heteroatoms. The summed E-state index contributed by atoms with van der Waals surface area (Å²) in [6, 6.07) is 7.35. The van der Waals surface area contributed by atoms with Gasteiger partial charge in [-0.3, -0.25) is 4.79 Å². The summed E-state index contributed by atoms with van der Waals surface area (Å²) in [5.74, 6) is 0.304. The molecule has 0 bridgehead atoms. The second-order valence-electron chi connectivity index (χ2n) is 3.32. The maximum atomic E-state index is 11.0. The third kappa shape index (κ3) is 1.91. The van der Waals surface area contributed by atoms with E-state index in [0.717, 1.165) is 11.6 Å². The van der Waals surface area contributed by atoms with Crippen molar-refractivity contribution in [1.82, 2.24) is 5.32 Å². The van der Waals surface area contributed by atoms with Gasteiger partial charge in [-0.2, -0.15) is 0 Å². The summed E-state index contributed by atoms with van der Waals surface area (Å²) in [6.45, 7) is 0. The molecule has 1 aromatic carbocycles. The molecule has 2 N–H and O–H groups in total. The molecule has 1 aliphatic heterocycles. The van der Waals surface area contributed by atoms with Gasteiger partial charge in [0.1, 0.15) is 11.5 Å². The van der Waals surface area contributed by atoms with Crippen molar-refractivity contribution in [3.8, 4) is 5.75 Å². The monoisotopic (exact) mass is 217 g/mol. The highest BCUT2D eigenvalue weighted by Gasteiger charge is 2.16. The highest BCUT2D eigenvalue weighted by Crippen LogP contribution is 2.22. The number of carbonyl (C=O) groups is 1. The van der Waals surface area contributed by atoms with Crippen molar-refractivity contribution in [1.29, 1.82) is 0 Å². The van der Waals surface area contributed by atoms with Gasteiger partial charge in [0.15, 0.2) is 0 Å². The summed E-state index contributed by atoms with van der Waals surface area (Å²) >= 11 is 0. The lowest BCUT2D eigenvalue weighted by atomic mass is 10.1. The van der Waals surface area contributed by atoms with Crippen LogP contribution in [0.25, 0.3) is 6.08 Å². The Kier molecular flexibility index (Phi) is 2.64. The van der Waals surface area contributed by atoms with E-state index in [1.807, 2.05) is 24.3 Å². The first-order chi connectivity index (χ1) is 7.70. The molecule has 0 aliphatic carbocycles. The van der Waals surface area contributed by atoms with Gasteiger partial charge in [0.25, 0.3) is 5.91 Å². The fourth-order valence-corrected chi connectivity index (χ4v) is 1.49. The Balaban J connectivity index is 2.37. The fraction of sp³-hybridized carbons (Fsp3) is 0.0833. The first-order valence-electron chi connectivity index (χ1n) is 4.77. The largest absolute Gasteiger partial charge is 0.506 e. The van der Waals surface area contributed by atoms with Gasteiger partial charge in [0, 0.05) is 11.6 Å². The average molecular weight is 217 g/mol. The first kappa shape index (κ1) is 10.3. The lowest BCUT2D eigenvalue weighted by Crippen LogP contribution is -2.13. The number of amides is 1. The molecule has 4 nitrogen and oxygen atoms in total. The Morgan fingerprint density at radius 3 is 2.75 bits per heavy atom. The van der Waals surface area contributed by atoms with Gasteiger partial charge in [0.05, 0.1) is 12.8 Å². The Bertz CT molecular complexity index is 489. The van der Waals surface area contributed by atoms with Gasteiger partial charge in [-0.05, 0) is 12.1 Å². The number of carbonyl (C=O) groups excluding carboxylic acids is 1. The second-order valence-corrected chi connectivity index (χ2v) is 3.32. The second kappa shape index (κ2) is 4.10. The van der Waals surface area contributed by atoms with E-state index < -0.39 is 0 Å². The number of methoxy groups -OCH3 is 1. The molecule has 1 heterocycles. The van der Waals surface area contributed by atoms with Crippen molar-refractivity contribution in [3.63, 3.8) is 0 Å². The molecule has 0 atom stereocenters. The minimum absolute atomic E-state index is 0.0593. The van der Waals surface area contributed by atoms with Gasteiger partial charge in [-0.15, -0.1) is 0 Å². The van der Waals surface area contributed by atoms with Crippen molar-refractivity contribution < 1.29 is 14.6 Å². The first-order valence-corrected chi connectivity index (χ1v) is 4.77. The maximum absolute atomic E-state index is 11.0. The smallest absolute Gasteiger partial charge is 0.252 e. The summed E-state index contributed by atoms with van der Waals surface area (Å²) in [6.07, 6.45) is 2.80. The molecule has 1 aliphatic rings. The van der Waals surface area contributed by atoms with Crippen LogP contribution in [0.4, 0.5) is 0 Å². The van der Waals surface area contributed by atoms with Crippen LogP contribution in [0.15, 0.2) is 41.8 Å². The highest BCUT2D eigenvalue weighted by molar-refractivity contribution is 5.95. The minimum Gasteiger partial charge on any atom is -0.506 e. The van der Waals surface area contributed by atoms with Gasteiger partial charge in [-0.25, -0.2) is 0 Å². The number of rotatable bonds is 2. The number of benzene rings is 1. The topological polar surface area (TPSA) is 58.6 Å². The van der Waals surface area contributed by atoms with Crippen molar-refractivity contribution >= 4 is 12.0 Å². The van der Waals surface area contributed by atoms with Crippen molar-refractivity contribution in [3.05, 3.63) is 47.4 Å². The van der Waals surface area contributed by atoms with Crippen LogP contribution in [-0.4, -0.2) is 18.1 Å². The SMILES string of the molecule is COc1ccccc1C=C1NC(=O)C=C1O. The number of hydrogen-bond donors (Lipinski definition) is 2. The molecule has 2 rings (SSSR count). The number of ether oxygens (including phenoxy) is 1. The lowest BCUT2D eigenvalue weighted by molar-refractivity contribution is -0.115. The summed E-state index contributed by atoms with van der Waals surface area (Å²) in [5, 5.41) is 12.0. The molecule has 0 aromatic heterocycles. The van der Waals surface area contributed by atoms with Gasteiger partial charge in [0.2, 0.25) is 0 Å². The van der Waals surface area contributed by atoms with Gasteiger partial charge < -0.3 is 15.2 Å². The van der Waals surface area contributed by atoms with E-state index >= 15 is 0 Å². The normalized spacial score (nSPS) is 17.2. The van der Waals surface area contributed by atoms with Gasteiger partial charge in [-0.1, -0.05) is 18.2 Å². The Morgan fingerprint density at radius 1 is 1.38 bits per heavy atom. The molecule has 0 saturated heterocycles.